The minimum Gasteiger partial charge on any atom is -0.478 e. The Morgan fingerprint density at radius 3 is 2.90 bits per heavy atom. The molecule has 6 nitrogen and oxygen atoms in total. The number of pyridine rings is 1. The highest BCUT2D eigenvalue weighted by Gasteiger charge is 2.13. The maximum Gasteiger partial charge on any atom is 0.339 e. The largest absolute Gasteiger partial charge is 0.478 e. The minimum absolute atomic E-state index is 0.0938. The summed E-state index contributed by atoms with van der Waals surface area (Å²) in [5, 5.41) is 16.7. The number of hydrogen-bond acceptors (Lipinski definition) is 4. The van der Waals surface area contributed by atoms with Crippen molar-refractivity contribution in [2.45, 2.75) is 19.9 Å². The summed E-state index contributed by atoms with van der Waals surface area (Å²) in [4.78, 5) is 15.2. The number of halogens is 1. The average Bonchev–Trinajstić information content (AvgIpc) is 2.76. The highest BCUT2D eigenvalue weighted by atomic mass is 35.5. The summed E-state index contributed by atoms with van der Waals surface area (Å²) in [5.74, 6) is -0.783. The number of carboxylic acid groups (broad SMARTS) is 1. The first kappa shape index (κ1) is 14.3. The van der Waals surface area contributed by atoms with Crippen molar-refractivity contribution in [1.29, 1.82) is 0 Å². The lowest BCUT2D eigenvalue weighted by Crippen LogP contribution is -2.09. The highest BCUT2D eigenvalue weighted by Crippen LogP contribution is 2.18. The molecule has 2 aromatic rings. The number of nitrogens with zero attached hydrogens (tertiary/aromatic N) is 3. The quantitative estimate of drug-likeness (QED) is 0.827. The van der Waals surface area contributed by atoms with Crippen LogP contribution in [0.5, 0.6) is 0 Å². The van der Waals surface area contributed by atoms with Gasteiger partial charge in [-0.05, 0) is 18.6 Å². The smallest absolute Gasteiger partial charge is 0.339 e. The van der Waals surface area contributed by atoms with Gasteiger partial charge in [-0.3, -0.25) is 4.68 Å². The van der Waals surface area contributed by atoms with E-state index in [2.05, 4.69) is 15.4 Å². The summed E-state index contributed by atoms with van der Waals surface area (Å²) < 4.78 is 1.74. The third-order valence-electron chi connectivity index (χ3n) is 2.86. The molecule has 0 fully saturated rings. The van der Waals surface area contributed by atoms with Gasteiger partial charge in [0.05, 0.1) is 5.69 Å². The predicted octanol–water partition coefficient (Wildman–Crippen LogP) is 2.34. The third-order valence-corrected chi connectivity index (χ3v) is 3.08. The first-order chi connectivity index (χ1) is 9.51. The van der Waals surface area contributed by atoms with Crippen LogP contribution in [-0.2, 0) is 20.0 Å². The number of aromatic nitrogens is 3. The maximum atomic E-state index is 11.1. The van der Waals surface area contributed by atoms with E-state index in [0.29, 0.717) is 6.54 Å². The van der Waals surface area contributed by atoms with Gasteiger partial charge in [0.1, 0.15) is 16.5 Å². The average molecular weight is 295 g/mol. The molecule has 0 saturated carbocycles. The number of carboxylic acids is 1. The first-order valence-corrected chi connectivity index (χ1v) is 6.54. The second-order valence-electron chi connectivity index (χ2n) is 4.32. The Morgan fingerprint density at radius 1 is 1.50 bits per heavy atom. The fraction of sp³-hybridized carbons (Fsp3) is 0.308. The van der Waals surface area contributed by atoms with E-state index in [4.69, 9.17) is 16.7 Å². The number of rotatable bonds is 5. The van der Waals surface area contributed by atoms with E-state index in [1.807, 2.05) is 20.2 Å². The molecule has 0 aromatic carbocycles. The Morgan fingerprint density at radius 2 is 2.25 bits per heavy atom. The van der Waals surface area contributed by atoms with Crippen molar-refractivity contribution in [3.05, 3.63) is 40.3 Å². The molecule has 2 aromatic heterocycles. The monoisotopic (exact) mass is 294 g/mol. The summed E-state index contributed by atoms with van der Waals surface area (Å²) in [7, 11) is 1.85. The van der Waals surface area contributed by atoms with Gasteiger partial charge in [-0.1, -0.05) is 18.5 Å². The number of carbonyl (C=O) groups is 1. The Kier molecular flexibility index (Phi) is 4.24. The molecular formula is C13H15ClN4O2. The van der Waals surface area contributed by atoms with E-state index in [1.165, 1.54) is 12.1 Å². The zero-order valence-corrected chi connectivity index (χ0v) is 12.0. The van der Waals surface area contributed by atoms with Gasteiger partial charge in [0.2, 0.25) is 0 Å². The van der Waals surface area contributed by atoms with Crippen LogP contribution in [0.25, 0.3) is 0 Å². The van der Waals surface area contributed by atoms with Crippen molar-refractivity contribution in [3.63, 3.8) is 0 Å². The molecular weight excluding hydrogens is 280 g/mol. The molecule has 2 heterocycles. The van der Waals surface area contributed by atoms with Crippen molar-refractivity contribution in [2.24, 2.45) is 7.05 Å². The minimum atomic E-state index is -1.04. The SMILES string of the molecule is CCc1nn(C)cc1CNc1nc(Cl)ccc1C(=O)O. The molecule has 106 valence electrons. The molecule has 0 aliphatic heterocycles. The molecule has 0 amide bonds. The Bertz CT molecular complexity index is 639. The molecule has 0 aliphatic rings. The molecule has 0 atom stereocenters. The van der Waals surface area contributed by atoms with Crippen LogP contribution in [0.15, 0.2) is 18.3 Å². The van der Waals surface area contributed by atoms with Crippen LogP contribution in [0, 0.1) is 0 Å². The highest BCUT2D eigenvalue weighted by molar-refractivity contribution is 6.29. The Balaban J connectivity index is 2.22. The van der Waals surface area contributed by atoms with E-state index < -0.39 is 5.97 Å². The van der Waals surface area contributed by atoms with Crippen molar-refractivity contribution >= 4 is 23.4 Å². The summed E-state index contributed by atoms with van der Waals surface area (Å²) in [6.45, 7) is 2.47. The number of aromatic carboxylic acids is 1. The molecule has 20 heavy (non-hydrogen) atoms. The van der Waals surface area contributed by atoms with Gasteiger partial charge in [0, 0.05) is 25.4 Å². The summed E-state index contributed by atoms with van der Waals surface area (Å²) in [5.41, 5.74) is 2.07. The van der Waals surface area contributed by atoms with Gasteiger partial charge in [0.15, 0.2) is 0 Å². The number of aryl methyl sites for hydroxylation is 2. The zero-order chi connectivity index (χ0) is 14.7. The molecule has 0 bridgehead atoms. The second kappa shape index (κ2) is 5.92. The Labute approximate surface area is 121 Å². The van der Waals surface area contributed by atoms with Gasteiger partial charge in [-0.15, -0.1) is 0 Å². The summed E-state index contributed by atoms with van der Waals surface area (Å²) in [6.07, 6.45) is 2.71. The second-order valence-corrected chi connectivity index (χ2v) is 4.70. The fourth-order valence-electron chi connectivity index (χ4n) is 1.95. The number of hydrogen-bond donors (Lipinski definition) is 2. The van der Waals surface area contributed by atoms with Gasteiger partial charge < -0.3 is 10.4 Å². The summed E-state index contributed by atoms with van der Waals surface area (Å²) >= 11 is 5.81. The molecule has 2 rings (SSSR count). The molecule has 7 heteroatoms. The lowest BCUT2D eigenvalue weighted by Gasteiger charge is -2.08. The van der Waals surface area contributed by atoms with Crippen LogP contribution in [0.4, 0.5) is 5.82 Å². The molecule has 0 radical (unpaired) electrons. The van der Waals surface area contributed by atoms with E-state index in [9.17, 15) is 4.79 Å². The van der Waals surface area contributed by atoms with Gasteiger partial charge in [0.25, 0.3) is 0 Å². The molecule has 0 unspecified atom stereocenters. The van der Waals surface area contributed by atoms with Crippen molar-refractivity contribution in [3.8, 4) is 0 Å². The molecule has 0 aliphatic carbocycles. The lowest BCUT2D eigenvalue weighted by atomic mass is 10.2. The maximum absolute atomic E-state index is 11.1. The number of nitrogens with one attached hydrogen (secondary N) is 1. The van der Waals surface area contributed by atoms with Gasteiger partial charge in [-0.2, -0.15) is 5.10 Å². The Hall–Kier alpha value is -2.08. The van der Waals surface area contributed by atoms with Gasteiger partial charge in [-0.25, -0.2) is 9.78 Å². The lowest BCUT2D eigenvalue weighted by molar-refractivity contribution is 0.0697. The van der Waals surface area contributed by atoms with E-state index in [1.54, 1.807) is 4.68 Å². The molecule has 0 saturated heterocycles. The fourth-order valence-corrected chi connectivity index (χ4v) is 2.10. The zero-order valence-electron chi connectivity index (χ0n) is 11.2. The van der Waals surface area contributed by atoms with Crippen LogP contribution in [0.3, 0.4) is 0 Å². The van der Waals surface area contributed by atoms with E-state index in [-0.39, 0.29) is 16.5 Å². The van der Waals surface area contributed by atoms with Crippen LogP contribution >= 0.6 is 11.6 Å². The van der Waals surface area contributed by atoms with Crippen molar-refractivity contribution in [1.82, 2.24) is 14.8 Å². The normalized spacial score (nSPS) is 10.6. The summed E-state index contributed by atoms with van der Waals surface area (Å²) in [6, 6.07) is 2.89. The van der Waals surface area contributed by atoms with Crippen LogP contribution in [0.1, 0.15) is 28.5 Å². The van der Waals surface area contributed by atoms with Crippen LogP contribution < -0.4 is 5.32 Å². The van der Waals surface area contributed by atoms with Crippen molar-refractivity contribution in [2.75, 3.05) is 5.32 Å². The van der Waals surface area contributed by atoms with E-state index >= 15 is 0 Å². The van der Waals surface area contributed by atoms with Gasteiger partial charge >= 0.3 is 5.97 Å². The molecule has 0 spiro atoms. The topological polar surface area (TPSA) is 80.0 Å². The third kappa shape index (κ3) is 3.08. The number of anilines is 1. The van der Waals surface area contributed by atoms with Crippen LogP contribution in [0.2, 0.25) is 5.15 Å². The van der Waals surface area contributed by atoms with E-state index in [0.717, 1.165) is 17.7 Å². The standard InChI is InChI=1S/C13H15ClN4O2/c1-3-10-8(7-18(2)17-10)6-15-12-9(13(19)20)4-5-11(14)16-12/h4-5,7H,3,6H2,1-2H3,(H,15,16)(H,19,20). The van der Waals surface area contributed by atoms with Crippen molar-refractivity contribution < 1.29 is 9.90 Å². The predicted molar refractivity (Wildman–Crippen MR) is 76.1 cm³/mol. The first-order valence-electron chi connectivity index (χ1n) is 6.16. The molecule has 2 N–H and O–H groups in total. The van der Waals surface area contributed by atoms with Crippen LogP contribution in [-0.4, -0.2) is 25.8 Å².